The Morgan fingerprint density at radius 1 is 1.00 bits per heavy atom. The number of halogens is 1. The summed E-state index contributed by atoms with van der Waals surface area (Å²) < 4.78 is 13.9. The highest BCUT2D eigenvalue weighted by atomic mass is 79.9. The lowest BCUT2D eigenvalue weighted by atomic mass is 9.93. The number of aromatic nitrogens is 1. The van der Waals surface area contributed by atoms with Crippen molar-refractivity contribution in [2.75, 3.05) is 32.2 Å². The van der Waals surface area contributed by atoms with Gasteiger partial charge in [-0.1, -0.05) is 57.6 Å². The van der Waals surface area contributed by atoms with Crippen molar-refractivity contribution < 1.29 is 19.1 Å². The molecule has 4 aromatic rings. The Kier molecular flexibility index (Phi) is 8.71. The number of carbonyl (C=O) groups is 2. The molecule has 3 aromatic carbocycles. The molecule has 9 nitrogen and oxygen atoms in total. The molecule has 0 bridgehead atoms. The van der Waals surface area contributed by atoms with Gasteiger partial charge in [0.15, 0.2) is 4.80 Å². The van der Waals surface area contributed by atoms with Crippen molar-refractivity contribution in [2.45, 2.75) is 33.4 Å². The summed E-state index contributed by atoms with van der Waals surface area (Å²) in [5, 5.41) is 0. The van der Waals surface area contributed by atoms with Gasteiger partial charge in [0.25, 0.3) is 17.4 Å². The number of hydrogen-bond acceptors (Lipinski definition) is 7. The first-order valence-electron chi connectivity index (χ1n) is 14.9. The van der Waals surface area contributed by atoms with Gasteiger partial charge in [-0.05, 0) is 62.7 Å². The monoisotopic (exact) mass is 700 g/mol. The molecular weight excluding hydrogens is 668 g/mol. The molecule has 1 aromatic heterocycles. The maximum absolute atomic E-state index is 14.7. The highest BCUT2D eigenvalue weighted by Crippen LogP contribution is 2.40. The second kappa shape index (κ2) is 12.7. The SMILES string of the molecule is CCN(CC)C(=O)C1=C(C)N=c2s/c(=C3/C(=O)N(Cc4ccccc4)c4ccc(Br)cc43)c(=O)n2[C@H]1c1cc(OC)ccc1OC. The summed E-state index contributed by atoms with van der Waals surface area (Å²) in [6.07, 6.45) is 0. The molecule has 0 spiro atoms. The Morgan fingerprint density at radius 2 is 1.74 bits per heavy atom. The van der Waals surface area contributed by atoms with E-state index in [0.717, 1.165) is 27.1 Å². The molecule has 0 radical (unpaired) electrons. The van der Waals surface area contributed by atoms with Crippen LogP contribution in [-0.2, 0) is 16.1 Å². The maximum Gasteiger partial charge on any atom is 0.271 e. The third-order valence-electron chi connectivity index (χ3n) is 8.40. The molecule has 0 saturated heterocycles. The topological polar surface area (TPSA) is 93.4 Å². The third kappa shape index (κ3) is 5.27. The van der Waals surface area contributed by atoms with Crippen LogP contribution in [0.4, 0.5) is 5.69 Å². The number of benzene rings is 3. The maximum atomic E-state index is 14.7. The number of ether oxygens (including phenoxy) is 2. The van der Waals surface area contributed by atoms with Gasteiger partial charge in [0.05, 0.1) is 43.3 Å². The summed E-state index contributed by atoms with van der Waals surface area (Å²) >= 11 is 4.71. The summed E-state index contributed by atoms with van der Waals surface area (Å²) in [7, 11) is 3.11. The molecule has 0 unspecified atom stereocenters. The molecular formula is C35H33BrN4O5S. The van der Waals surface area contributed by atoms with Crippen LogP contribution in [0.3, 0.4) is 0 Å². The van der Waals surface area contributed by atoms with Crippen molar-refractivity contribution in [3.05, 3.63) is 119 Å². The molecule has 2 amide bonds. The van der Waals surface area contributed by atoms with E-state index in [1.54, 1.807) is 49.1 Å². The Morgan fingerprint density at radius 3 is 2.41 bits per heavy atom. The first-order valence-corrected chi connectivity index (χ1v) is 16.5. The number of anilines is 1. The van der Waals surface area contributed by atoms with Crippen molar-refractivity contribution >= 4 is 50.3 Å². The molecule has 3 heterocycles. The molecule has 46 heavy (non-hydrogen) atoms. The summed E-state index contributed by atoms with van der Waals surface area (Å²) in [4.78, 5) is 51.7. The van der Waals surface area contributed by atoms with Crippen molar-refractivity contribution in [1.29, 1.82) is 0 Å². The zero-order valence-corrected chi connectivity index (χ0v) is 28.6. The number of fused-ring (bicyclic) bond motifs is 2. The lowest BCUT2D eigenvalue weighted by Crippen LogP contribution is -2.43. The van der Waals surface area contributed by atoms with E-state index in [-0.39, 0.29) is 16.3 Å². The number of methoxy groups -OCH3 is 2. The zero-order chi connectivity index (χ0) is 32.7. The van der Waals surface area contributed by atoms with Crippen LogP contribution in [0.15, 0.2) is 92.3 Å². The largest absolute Gasteiger partial charge is 0.497 e. The fourth-order valence-electron chi connectivity index (χ4n) is 6.12. The number of nitrogens with zero attached hydrogens (tertiary/aromatic N) is 4. The molecule has 0 fully saturated rings. The van der Waals surface area contributed by atoms with Gasteiger partial charge in [-0.25, -0.2) is 4.99 Å². The van der Waals surface area contributed by atoms with Gasteiger partial charge in [-0.3, -0.25) is 19.0 Å². The number of thiazole rings is 1. The van der Waals surface area contributed by atoms with Crippen LogP contribution < -0.4 is 29.3 Å². The highest BCUT2D eigenvalue weighted by molar-refractivity contribution is 9.10. The first-order chi connectivity index (χ1) is 22.2. The van der Waals surface area contributed by atoms with Crippen LogP contribution in [0.1, 0.15) is 43.5 Å². The summed E-state index contributed by atoms with van der Waals surface area (Å²) in [6.45, 7) is 6.93. The Hall–Kier alpha value is -4.48. The summed E-state index contributed by atoms with van der Waals surface area (Å²) in [5.41, 5.74) is 3.69. The molecule has 6 rings (SSSR count). The average molecular weight is 702 g/mol. The van der Waals surface area contributed by atoms with Gasteiger partial charge >= 0.3 is 0 Å². The van der Waals surface area contributed by atoms with Gasteiger partial charge in [0.2, 0.25) is 0 Å². The van der Waals surface area contributed by atoms with Crippen LogP contribution in [0.25, 0.3) is 5.57 Å². The molecule has 2 aliphatic rings. The Labute approximate surface area is 278 Å². The van der Waals surface area contributed by atoms with Gasteiger partial charge < -0.3 is 19.3 Å². The normalized spacial score (nSPS) is 16.6. The van der Waals surface area contributed by atoms with Crippen LogP contribution in [0, 0.1) is 0 Å². The van der Waals surface area contributed by atoms with Crippen LogP contribution in [-0.4, -0.2) is 48.6 Å². The first kappa shape index (κ1) is 31.5. The molecule has 11 heteroatoms. The van der Waals surface area contributed by atoms with Crippen LogP contribution in [0.5, 0.6) is 11.5 Å². The zero-order valence-electron chi connectivity index (χ0n) is 26.2. The van der Waals surface area contributed by atoms with E-state index < -0.39 is 11.6 Å². The van der Waals surface area contributed by atoms with Crippen LogP contribution in [0.2, 0.25) is 0 Å². The lowest BCUT2D eigenvalue weighted by Gasteiger charge is -2.30. The minimum absolute atomic E-state index is 0.223. The van der Waals surface area contributed by atoms with E-state index in [4.69, 9.17) is 14.5 Å². The Balaban J connectivity index is 1.64. The number of carbonyl (C=O) groups excluding carboxylic acids is 2. The fourth-order valence-corrected chi connectivity index (χ4v) is 7.62. The number of hydrogen-bond donors (Lipinski definition) is 0. The lowest BCUT2D eigenvalue weighted by molar-refractivity contribution is -0.127. The fraction of sp³-hybridized carbons (Fsp3) is 0.257. The third-order valence-corrected chi connectivity index (χ3v) is 9.94. The predicted molar refractivity (Wildman–Crippen MR) is 182 cm³/mol. The summed E-state index contributed by atoms with van der Waals surface area (Å²) in [5.74, 6) is 0.544. The van der Waals surface area contributed by atoms with E-state index in [2.05, 4.69) is 15.9 Å². The molecule has 1 atom stereocenters. The molecule has 0 N–H and O–H groups in total. The molecule has 236 valence electrons. The number of rotatable bonds is 8. The van der Waals surface area contributed by atoms with Gasteiger partial charge in [-0.15, -0.1) is 0 Å². The number of likely N-dealkylation sites (N-methyl/N-ethyl adjacent to an activating group) is 1. The van der Waals surface area contributed by atoms with E-state index in [0.29, 0.717) is 63.9 Å². The predicted octanol–water partition coefficient (Wildman–Crippen LogP) is 4.80. The van der Waals surface area contributed by atoms with Crippen molar-refractivity contribution in [3.8, 4) is 11.5 Å². The summed E-state index contributed by atoms with van der Waals surface area (Å²) in [6, 6.07) is 19.8. The average Bonchev–Trinajstić information content (AvgIpc) is 3.52. The minimum Gasteiger partial charge on any atom is -0.497 e. The number of allylic oxidation sites excluding steroid dienone is 1. The number of amides is 2. The van der Waals surface area contributed by atoms with Gasteiger partial charge in [0.1, 0.15) is 22.1 Å². The van der Waals surface area contributed by atoms with Crippen molar-refractivity contribution in [1.82, 2.24) is 9.47 Å². The molecule has 0 saturated carbocycles. The quantitative estimate of drug-likeness (QED) is 0.263. The molecule has 2 aliphatic heterocycles. The smallest absolute Gasteiger partial charge is 0.271 e. The van der Waals surface area contributed by atoms with E-state index in [1.807, 2.05) is 62.4 Å². The molecule has 0 aliphatic carbocycles. The minimum atomic E-state index is -0.873. The van der Waals surface area contributed by atoms with E-state index >= 15 is 0 Å². The van der Waals surface area contributed by atoms with E-state index in [9.17, 15) is 14.4 Å². The van der Waals surface area contributed by atoms with Crippen molar-refractivity contribution in [2.24, 2.45) is 4.99 Å². The van der Waals surface area contributed by atoms with E-state index in [1.165, 1.54) is 4.57 Å². The Bertz CT molecular complexity index is 2080. The second-order valence-electron chi connectivity index (χ2n) is 10.9. The highest BCUT2D eigenvalue weighted by Gasteiger charge is 2.39. The van der Waals surface area contributed by atoms with Crippen LogP contribution >= 0.6 is 27.3 Å². The van der Waals surface area contributed by atoms with Gasteiger partial charge in [-0.2, -0.15) is 0 Å². The second-order valence-corrected chi connectivity index (χ2v) is 12.8. The van der Waals surface area contributed by atoms with Crippen molar-refractivity contribution in [3.63, 3.8) is 0 Å². The standard InChI is InChI=1S/C35H33BrN4O5S/c1-6-38(7-2)32(41)28-20(3)37-35-40(30(28)25-18-23(44-4)14-16-27(25)45-5)34(43)31(46-35)29-24-17-22(36)13-15-26(24)39(33(29)42)19-21-11-9-8-10-12-21/h8-18,30H,6-7,19H2,1-5H3/b31-29+/t30-/m0/s1. The van der Waals surface area contributed by atoms with Gasteiger partial charge in [0, 0.05) is 28.7 Å².